The number of hydrogen-bond acceptors (Lipinski definition) is 1. The predicted octanol–water partition coefficient (Wildman–Crippen LogP) is 5.93. The number of hydrogen-bond donors (Lipinski definition) is 1. The van der Waals surface area contributed by atoms with Gasteiger partial charge in [0, 0.05) is 17.3 Å². The summed E-state index contributed by atoms with van der Waals surface area (Å²) in [7, 11) is 0. The van der Waals surface area contributed by atoms with E-state index in [0.717, 1.165) is 22.4 Å². The molecule has 0 saturated carbocycles. The van der Waals surface area contributed by atoms with Gasteiger partial charge < -0.3 is 5.32 Å². The van der Waals surface area contributed by atoms with Crippen molar-refractivity contribution in [3.63, 3.8) is 0 Å². The summed E-state index contributed by atoms with van der Waals surface area (Å²) in [5, 5.41) is 3.39. The highest BCUT2D eigenvalue weighted by Crippen LogP contribution is 2.65. The maximum atomic E-state index is 8.98. The first-order valence-corrected chi connectivity index (χ1v) is 9.26. The van der Waals surface area contributed by atoms with E-state index in [-0.39, 0.29) is 30.1 Å². The fourth-order valence-electron chi connectivity index (χ4n) is 5.65. The molecule has 0 atom stereocenters. The molecule has 0 fully saturated rings. The topological polar surface area (TPSA) is 12.0 Å². The number of rotatable bonds is 0. The highest BCUT2D eigenvalue weighted by molar-refractivity contribution is 5.88. The normalized spacial score (nSPS) is 24.2. The standard InChI is InChI=1S/C26H17N/c1-3-11-19-16(8-1)24-17-9-2-4-12-20(17)26(19)21-13-5-6-14-22(21)27-23-15-7-10-18(24)25(23)26/h1-15,24,27H/i5D,6D,13D,14D. The van der Waals surface area contributed by atoms with Crippen LogP contribution in [0.25, 0.3) is 0 Å². The highest BCUT2D eigenvalue weighted by atomic mass is 14.9. The zero-order valence-electron chi connectivity index (χ0n) is 18.4. The molecule has 1 heteroatoms. The van der Waals surface area contributed by atoms with E-state index >= 15 is 0 Å². The van der Waals surface area contributed by atoms with Gasteiger partial charge >= 0.3 is 0 Å². The molecule has 0 radical (unpaired) electrons. The van der Waals surface area contributed by atoms with Crippen molar-refractivity contribution in [3.8, 4) is 0 Å². The van der Waals surface area contributed by atoms with Crippen molar-refractivity contribution in [2.75, 3.05) is 5.32 Å². The van der Waals surface area contributed by atoms with E-state index in [2.05, 4.69) is 47.8 Å². The van der Waals surface area contributed by atoms with Crippen molar-refractivity contribution in [2.45, 2.75) is 11.3 Å². The molecule has 4 aromatic carbocycles. The maximum Gasteiger partial charge on any atom is 0.0751 e. The van der Waals surface area contributed by atoms with Gasteiger partial charge in [-0.3, -0.25) is 0 Å². The Morgan fingerprint density at radius 3 is 2.11 bits per heavy atom. The summed E-state index contributed by atoms with van der Waals surface area (Å²) in [4.78, 5) is 0. The molecular weight excluding hydrogens is 326 g/mol. The van der Waals surface area contributed by atoms with Gasteiger partial charge in [-0.05, 0) is 51.1 Å². The lowest BCUT2D eigenvalue weighted by atomic mass is 9.49. The fourth-order valence-corrected chi connectivity index (χ4v) is 5.65. The first-order valence-electron chi connectivity index (χ1n) is 11.3. The molecule has 27 heavy (non-hydrogen) atoms. The lowest BCUT2D eigenvalue weighted by Crippen LogP contribution is -2.45. The summed E-state index contributed by atoms with van der Waals surface area (Å²) in [6.45, 7) is 0. The van der Waals surface area contributed by atoms with E-state index in [1.54, 1.807) is 0 Å². The molecule has 1 spiro atoms. The second-order valence-electron chi connectivity index (χ2n) is 7.50. The third-order valence-corrected chi connectivity index (χ3v) is 6.46. The number of nitrogens with one attached hydrogen (secondary N) is 1. The molecule has 0 aromatic heterocycles. The molecule has 126 valence electrons. The van der Waals surface area contributed by atoms with Gasteiger partial charge in [-0.2, -0.15) is 0 Å². The van der Waals surface area contributed by atoms with Crippen LogP contribution in [0.1, 0.15) is 50.3 Å². The SMILES string of the molecule is [2H]c1c([2H])c([2H])c2c(c1[2H])Nc1cccc3c1C21c2ccccc2C3c2ccccc21. The Bertz CT molecular complexity index is 1430. The maximum absolute atomic E-state index is 8.98. The number of benzene rings is 4. The van der Waals surface area contributed by atoms with Gasteiger partial charge in [0.2, 0.25) is 0 Å². The predicted molar refractivity (Wildman–Crippen MR) is 109 cm³/mol. The molecule has 1 heterocycles. The van der Waals surface area contributed by atoms with Crippen molar-refractivity contribution < 1.29 is 5.48 Å². The summed E-state index contributed by atoms with van der Waals surface area (Å²) in [5.74, 6) is 0.114. The number of fused-ring (bicyclic) bond motifs is 1. The van der Waals surface area contributed by atoms with E-state index in [9.17, 15) is 0 Å². The molecular formula is C26H17N. The molecule has 0 saturated heterocycles. The van der Waals surface area contributed by atoms with E-state index in [4.69, 9.17) is 5.48 Å². The van der Waals surface area contributed by atoms with E-state index in [0.29, 0.717) is 11.3 Å². The van der Waals surface area contributed by atoms with Crippen LogP contribution in [-0.4, -0.2) is 0 Å². The second-order valence-corrected chi connectivity index (χ2v) is 7.50. The van der Waals surface area contributed by atoms with Crippen molar-refractivity contribution >= 4 is 11.4 Å². The molecule has 3 aliphatic carbocycles. The Labute approximate surface area is 163 Å². The van der Waals surface area contributed by atoms with Crippen LogP contribution in [0.3, 0.4) is 0 Å². The lowest BCUT2D eigenvalue weighted by molar-refractivity contribution is 0.627. The molecule has 1 nitrogen and oxygen atoms in total. The summed E-state index contributed by atoms with van der Waals surface area (Å²) in [5.41, 5.74) is 8.23. The van der Waals surface area contributed by atoms with Crippen LogP contribution in [0.5, 0.6) is 0 Å². The second kappa shape index (κ2) is 4.50. The summed E-state index contributed by atoms with van der Waals surface area (Å²) in [6, 6.07) is 22.6. The first-order chi connectivity index (χ1) is 15.1. The molecule has 2 bridgehead atoms. The van der Waals surface area contributed by atoms with Crippen LogP contribution in [0, 0.1) is 0 Å². The molecule has 4 aromatic rings. The molecule has 8 rings (SSSR count). The average Bonchev–Trinajstić information content (AvgIpc) is 2.81. The average molecular weight is 347 g/mol. The monoisotopic (exact) mass is 347 g/mol. The molecule has 1 aliphatic heterocycles. The van der Waals surface area contributed by atoms with E-state index < -0.39 is 5.41 Å². The van der Waals surface area contributed by atoms with Crippen LogP contribution in [0.4, 0.5) is 11.4 Å². The third kappa shape index (κ3) is 1.39. The van der Waals surface area contributed by atoms with E-state index in [1.165, 1.54) is 16.7 Å². The molecule has 0 amide bonds. The highest BCUT2D eigenvalue weighted by Gasteiger charge is 2.55. The number of para-hydroxylation sites is 1. The Kier molecular flexibility index (Phi) is 1.79. The Hall–Kier alpha value is -3.32. The zero-order chi connectivity index (χ0) is 21.1. The quantitative estimate of drug-likeness (QED) is 0.358. The van der Waals surface area contributed by atoms with Crippen LogP contribution in [-0.2, 0) is 5.41 Å². The fraction of sp³-hybridized carbons (Fsp3) is 0.0769. The van der Waals surface area contributed by atoms with Gasteiger partial charge in [0.15, 0.2) is 0 Å². The van der Waals surface area contributed by atoms with Crippen molar-refractivity contribution in [1.82, 2.24) is 0 Å². The first kappa shape index (κ1) is 10.7. The van der Waals surface area contributed by atoms with Crippen LogP contribution >= 0.6 is 0 Å². The molecule has 4 aliphatic rings. The zero-order valence-corrected chi connectivity index (χ0v) is 14.4. The lowest BCUT2D eigenvalue weighted by Gasteiger charge is -2.53. The van der Waals surface area contributed by atoms with Gasteiger partial charge in [0.05, 0.1) is 10.9 Å². The van der Waals surface area contributed by atoms with Gasteiger partial charge in [0.1, 0.15) is 0 Å². The minimum absolute atomic E-state index is 0.0221. The van der Waals surface area contributed by atoms with Gasteiger partial charge in [-0.1, -0.05) is 78.8 Å². The van der Waals surface area contributed by atoms with Gasteiger partial charge in [-0.25, -0.2) is 0 Å². The minimum Gasteiger partial charge on any atom is -0.355 e. The number of anilines is 2. The minimum atomic E-state index is -0.773. The van der Waals surface area contributed by atoms with Crippen LogP contribution < -0.4 is 5.32 Å². The van der Waals surface area contributed by atoms with Crippen LogP contribution in [0.15, 0.2) is 90.9 Å². The summed E-state index contributed by atoms with van der Waals surface area (Å²) >= 11 is 0. The van der Waals surface area contributed by atoms with Crippen LogP contribution in [0.2, 0.25) is 0 Å². The Morgan fingerprint density at radius 1 is 0.667 bits per heavy atom. The summed E-state index contributed by atoms with van der Waals surface area (Å²) in [6.07, 6.45) is 0. The largest absolute Gasteiger partial charge is 0.355 e. The van der Waals surface area contributed by atoms with Gasteiger partial charge in [-0.15, -0.1) is 0 Å². The Balaban J connectivity index is 1.80. The third-order valence-electron chi connectivity index (χ3n) is 6.46. The van der Waals surface area contributed by atoms with Crippen molar-refractivity contribution in [3.05, 3.63) is 130 Å². The summed E-state index contributed by atoms with van der Waals surface area (Å²) < 4.78 is 34.4. The molecule has 1 N–H and O–H groups in total. The van der Waals surface area contributed by atoms with Gasteiger partial charge in [0.25, 0.3) is 0 Å². The van der Waals surface area contributed by atoms with Crippen molar-refractivity contribution in [1.29, 1.82) is 0 Å². The smallest absolute Gasteiger partial charge is 0.0751 e. The molecule has 0 unspecified atom stereocenters. The Morgan fingerprint density at radius 2 is 1.33 bits per heavy atom. The van der Waals surface area contributed by atoms with E-state index in [1.807, 2.05) is 24.3 Å². The van der Waals surface area contributed by atoms with Crippen molar-refractivity contribution in [2.24, 2.45) is 0 Å².